The van der Waals surface area contributed by atoms with Gasteiger partial charge in [-0.25, -0.2) is 9.78 Å². The van der Waals surface area contributed by atoms with Gasteiger partial charge in [0.25, 0.3) is 0 Å². The zero-order chi connectivity index (χ0) is 19.1. The lowest BCUT2D eigenvalue weighted by molar-refractivity contribution is 0.0697. The van der Waals surface area contributed by atoms with Crippen LogP contribution in [-0.4, -0.2) is 40.6 Å². The van der Waals surface area contributed by atoms with E-state index in [9.17, 15) is 9.90 Å². The van der Waals surface area contributed by atoms with Gasteiger partial charge in [-0.15, -0.1) is 0 Å². The number of anilines is 1. The lowest BCUT2D eigenvalue weighted by atomic mass is 10.1. The van der Waals surface area contributed by atoms with Crippen LogP contribution in [0.2, 0.25) is 0 Å². The van der Waals surface area contributed by atoms with Crippen LogP contribution in [0.4, 0.5) is 5.82 Å². The number of fused-ring (bicyclic) bond motifs is 2. The second-order valence-electron chi connectivity index (χ2n) is 7.57. The van der Waals surface area contributed by atoms with Crippen LogP contribution in [0.25, 0.3) is 10.8 Å². The third-order valence-electron chi connectivity index (χ3n) is 5.66. The molecule has 1 fully saturated rings. The highest BCUT2D eigenvalue weighted by molar-refractivity contribution is 5.93. The molecule has 2 aliphatic rings. The summed E-state index contributed by atoms with van der Waals surface area (Å²) in [7, 11) is 0. The Balaban J connectivity index is 1.32. The molecule has 0 saturated carbocycles. The summed E-state index contributed by atoms with van der Waals surface area (Å²) in [6, 6.07) is 18.4. The van der Waals surface area contributed by atoms with Crippen LogP contribution >= 0.6 is 0 Å². The Morgan fingerprint density at radius 2 is 1.93 bits per heavy atom. The predicted octanol–water partition coefficient (Wildman–Crippen LogP) is 3.77. The van der Waals surface area contributed by atoms with E-state index in [0.29, 0.717) is 11.7 Å². The van der Waals surface area contributed by atoms with Gasteiger partial charge in [-0.1, -0.05) is 36.4 Å². The average molecular weight is 371 g/mol. The highest BCUT2D eigenvalue weighted by atomic mass is 16.4. The lowest BCUT2D eigenvalue weighted by Gasteiger charge is -2.22. The van der Waals surface area contributed by atoms with E-state index in [4.69, 9.17) is 0 Å². The molecule has 0 aliphatic carbocycles. The molecule has 0 bridgehead atoms. The fourth-order valence-electron chi connectivity index (χ4n) is 4.35. The van der Waals surface area contributed by atoms with E-state index in [1.807, 2.05) is 0 Å². The van der Waals surface area contributed by atoms with Gasteiger partial charge < -0.3 is 14.9 Å². The van der Waals surface area contributed by atoms with E-state index in [0.717, 1.165) is 26.2 Å². The summed E-state index contributed by atoms with van der Waals surface area (Å²) in [5.74, 6) is 0.0857. The Labute approximate surface area is 163 Å². The smallest absolute Gasteiger partial charge is 0.339 e. The van der Waals surface area contributed by atoms with Crippen LogP contribution in [0.5, 0.6) is 0 Å². The van der Waals surface area contributed by atoms with E-state index >= 15 is 0 Å². The lowest BCUT2D eigenvalue weighted by Crippen LogP contribution is -2.27. The number of hydrogen-bond donors (Lipinski definition) is 1. The van der Waals surface area contributed by atoms with Crippen LogP contribution in [0.15, 0.2) is 72.6 Å². The van der Waals surface area contributed by atoms with Crippen molar-refractivity contribution in [3.63, 3.8) is 0 Å². The van der Waals surface area contributed by atoms with Crippen molar-refractivity contribution in [2.75, 3.05) is 24.5 Å². The number of aromatic carboxylic acids is 1. The summed E-state index contributed by atoms with van der Waals surface area (Å²) in [6.45, 7) is 3.43. The number of carboxylic acid groups (broad SMARTS) is 1. The Hall–Kier alpha value is -3.34. The third-order valence-corrected chi connectivity index (χ3v) is 5.66. The summed E-state index contributed by atoms with van der Waals surface area (Å²) >= 11 is 0. The molecule has 1 atom stereocenters. The monoisotopic (exact) mass is 371 g/mol. The van der Waals surface area contributed by atoms with Gasteiger partial charge in [0, 0.05) is 44.5 Å². The van der Waals surface area contributed by atoms with Gasteiger partial charge in [0.2, 0.25) is 0 Å². The zero-order valence-corrected chi connectivity index (χ0v) is 15.5. The van der Waals surface area contributed by atoms with Crippen molar-refractivity contribution in [2.24, 2.45) is 5.92 Å². The molecule has 1 saturated heterocycles. The van der Waals surface area contributed by atoms with Gasteiger partial charge in [0.05, 0.1) is 0 Å². The second kappa shape index (κ2) is 6.68. The van der Waals surface area contributed by atoms with E-state index in [2.05, 4.69) is 63.4 Å². The molecule has 3 aromatic rings. The average Bonchev–Trinajstić information content (AvgIpc) is 3.26. The first-order chi connectivity index (χ1) is 13.7. The first kappa shape index (κ1) is 16.8. The number of rotatable bonds is 4. The summed E-state index contributed by atoms with van der Waals surface area (Å²) in [5, 5.41) is 12.0. The molecular weight excluding hydrogens is 350 g/mol. The fraction of sp³-hybridized carbons (Fsp3) is 0.217. The van der Waals surface area contributed by atoms with Gasteiger partial charge in [-0.05, 0) is 40.1 Å². The van der Waals surface area contributed by atoms with Crippen molar-refractivity contribution < 1.29 is 9.90 Å². The summed E-state index contributed by atoms with van der Waals surface area (Å²) in [4.78, 5) is 20.3. The van der Waals surface area contributed by atoms with Crippen molar-refractivity contribution in [3.05, 3.63) is 83.7 Å². The number of carbonyl (C=O) groups is 1. The molecule has 2 aliphatic heterocycles. The van der Waals surface area contributed by atoms with Crippen molar-refractivity contribution in [3.8, 4) is 0 Å². The number of benzene rings is 2. The fourth-order valence-corrected chi connectivity index (χ4v) is 4.35. The molecule has 5 nitrogen and oxygen atoms in total. The van der Waals surface area contributed by atoms with Gasteiger partial charge in [0.1, 0.15) is 11.4 Å². The zero-order valence-electron chi connectivity index (χ0n) is 15.5. The minimum atomic E-state index is -0.924. The van der Waals surface area contributed by atoms with Crippen LogP contribution in [-0.2, 0) is 6.54 Å². The number of nitrogens with zero attached hydrogens (tertiary/aromatic N) is 3. The maximum absolute atomic E-state index is 11.5. The third kappa shape index (κ3) is 2.99. The minimum absolute atomic E-state index is 0.274. The van der Waals surface area contributed by atoms with Crippen LogP contribution in [0.3, 0.4) is 0 Å². The molecule has 5 rings (SSSR count). The SMILES string of the molecule is O=C(O)c1cccnc1N1CC2=CN(Cc3ccc4ccccc4c3)CC2C1. The molecule has 1 unspecified atom stereocenters. The predicted molar refractivity (Wildman–Crippen MR) is 109 cm³/mol. The summed E-state index contributed by atoms with van der Waals surface area (Å²) < 4.78 is 0. The first-order valence-electron chi connectivity index (χ1n) is 9.53. The van der Waals surface area contributed by atoms with Crippen molar-refractivity contribution in [1.29, 1.82) is 0 Å². The van der Waals surface area contributed by atoms with E-state index in [-0.39, 0.29) is 5.56 Å². The van der Waals surface area contributed by atoms with Crippen molar-refractivity contribution in [1.82, 2.24) is 9.88 Å². The van der Waals surface area contributed by atoms with Gasteiger partial charge in [-0.3, -0.25) is 0 Å². The molecule has 1 N–H and O–H groups in total. The molecule has 28 heavy (non-hydrogen) atoms. The second-order valence-corrected chi connectivity index (χ2v) is 7.57. The Bertz CT molecular complexity index is 1090. The molecule has 0 radical (unpaired) electrons. The molecule has 5 heteroatoms. The molecule has 140 valence electrons. The minimum Gasteiger partial charge on any atom is -0.478 e. The summed E-state index contributed by atoms with van der Waals surface area (Å²) in [5.41, 5.74) is 2.95. The van der Waals surface area contributed by atoms with Gasteiger partial charge >= 0.3 is 5.97 Å². The number of aromatic nitrogens is 1. The molecule has 3 heterocycles. The van der Waals surface area contributed by atoms with E-state index < -0.39 is 5.97 Å². The highest BCUT2D eigenvalue weighted by Gasteiger charge is 2.35. The topological polar surface area (TPSA) is 56.7 Å². The number of pyridine rings is 1. The molecule has 1 aromatic heterocycles. The molecular formula is C23H21N3O2. The molecule has 0 spiro atoms. The maximum Gasteiger partial charge on any atom is 0.339 e. The number of hydrogen-bond acceptors (Lipinski definition) is 4. The Morgan fingerprint density at radius 1 is 1.07 bits per heavy atom. The van der Waals surface area contributed by atoms with Crippen molar-refractivity contribution >= 4 is 22.6 Å². The molecule has 2 aromatic carbocycles. The van der Waals surface area contributed by atoms with E-state index in [1.54, 1.807) is 18.3 Å². The number of carboxylic acids is 1. The maximum atomic E-state index is 11.5. The Morgan fingerprint density at radius 3 is 2.75 bits per heavy atom. The van der Waals surface area contributed by atoms with Crippen molar-refractivity contribution in [2.45, 2.75) is 6.54 Å². The van der Waals surface area contributed by atoms with Crippen LogP contribution in [0, 0.1) is 5.92 Å². The van der Waals surface area contributed by atoms with Gasteiger partial charge in [-0.2, -0.15) is 0 Å². The summed E-state index contributed by atoms with van der Waals surface area (Å²) in [6.07, 6.45) is 3.92. The standard InChI is InChI=1S/C23H21N3O2/c27-23(28)21-6-3-9-24-22(21)26-14-19-12-25(13-20(19)15-26)11-16-7-8-17-4-1-2-5-18(17)10-16/h1-10,12,20H,11,13-15H2,(H,27,28). The van der Waals surface area contributed by atoms with Gasteiger partial charge in [0.15, 0.2) is 0 Å². The van der Waals surface area contributed by atoms with Crippen LogP contribution in [0.1, 0.15) is 15.9 Å². The van der Waals surface area contributed by atoms with E-state index in [1.165, 1.54) is 21.9 Å². The Kier molecular flexibility index (Phi) is 4.01. The molecule has 0 amide bonds. The van der Waals surface area contributed by atoms with Crippen LogP contribution < -0.4 is 4.90 Å². The largest absolute Gasteiger partial charge is 0.478 e. The highest BCUT2D eigenvalue weighted by Crippen LogP contribution is 2.34. The quantitative estimate of drug-likeness (QED) is 0.757. The normalized spacial score (nSPS) is 18.4. The first-order valence-corrected chi connectivity index (χ1v) is 9.53.